The van der Waals surface area contributed by atoms with Gasteiger partial charge in [0.2, 0.25) is 10.0 Å². The lowest BCUT2D eigenvalue weighted by atomic mass is 9.87. The first kappa shape index (κ1) is 19.2. The van der Waals surface area contributed by atoms with E-state index in [1.165, 1.54) is 4.31 Å². The third-order valence-electron chi connectivity index (χ3n) is 4.11. The molecule has 2 atom stereocenters. The minimum Gasteiger partial charge on any atom is -0.492 e. The van der Waals surface area contributed by atoms with Crippen molar-refractivity contribution in [3.63, 3.8) is 0 Å². The molecule has 1 saturated heterocycles. The molecule has 0 amide bonds. The van der Waals surface area contributed by atoms with Gasteiger partial charge in [0.1, 0.15) is 10.6 Å². The smallest absolute Gasteiger partial charge is 0.246 e. The van der Waals surface area contributed by atoms with E-state index < -0.39 is 10.0 Å². The van der Waals surface area contributed by atoms with Gasteiger partial charge >= 0.3 is 0 Å². The molecular formula is C18H29NO4S. The molecule has 0 bridgehead atoms. The van der Waals surface area contributed by atoms with Gasteiger partial charge in [-0.15, -0.1) is 0 Å². The summed E-state index contributed by atoms with van der Waals surface area (Å²) in [5, 5.41) is 0. The molecule has 0 unspecified atom stereocenters. The molecule has 1 aliphatic rings. The van der Waals surface area contributed by atoms with E-state index in [0.717, 1.165) is 5.56 Å². The highest BCUT2D eigenvalue weighted by Crippen LogP contribution is 2.33. The van der Waals surface area contributed by atoms with Gasteiger partial charge in [-0.2, -0.15) is 4.31 Å². The summed E-state index contributed by atoms with van der Waals surface area (Å²) in [5.74, 6) is 0.414. The molecule has 0 aromatic heterocycles. The highest BCUT2D eigenvalue weighted by molar-refractivity contribution is 7.89. The maximum atomic E-state index is 13.2. The van der Waals surface area contributed by atoms with Crippen LogP contribution in [0.5, 0.6) is 5.75 Å². The van der Waals surface area contributed by atoms with Gasteiger partial charge in [-0.25, -0.2) is 8.42 Å². The van der Waals surface area contributed by atoms with Crippen molar-refractivity contribution in [2.45, 2.75) is 64.1 Å². The average molecular weight is 356 g/mol. The first-order valence-electron chi connectivity index (χ1n) is 8.48. The fraction of sp³-hybridized carbons (Fsp3) is 0.667. The Bertz CT molecular complexity index is 669. The second kappa shape index (κ2) is 7.02. The number of nitrogens with zero attached hydrogens (tertiary/aromatic N) is 1. The lowest BCUT2D eigenvalue weighted by Gasteiger charge is -2.35. The van der Waals surface area contributed by atoms with E-state index in [1.807, 2.05) is 26.8 Å². The van der Waals surface area contributed by atoms with Gasteiger partial charge < -0.3 is 9.47 Å². The van der Waals surface area contributed by atoms with Crippen LogP contribution in [0.15, 0.2) is 23.1 Å². The Kier molecular flexibility index (Phi) is 5.62. The van der Waals surface area contributed by atoms with Crippen LogP contribution in [-0.2, 0) is 20.2 Å². The largest absolute Gasteiger partial charge is 0.492 e. The fourth-order valence-corrected chi connectivity index (χ4v) is 4.66. The second-order valence-corrected chi connectivity index (χ2v) is 9.33. The Morgan fingerprint density at radius 1 is 1.21 bits per heavy atom. The van der Waals surface area contributed by atoms with Crippen LogP contribution < -0.4 is 4.74 Å². The van der Waals surface area contributed by atoms with E-state index in [1.54, 1.807) is 12.1 Å². The van der Waals surface area contributed by atoms with Crippen molar-refractivity contribution in [1.82, 2.24) is 4.31 Å². The molecular weight excluding hydrogens is 326 g/mol. The molecule has 0 saturated carbocycles. The third-order valence-corrected chi connectivity index (χ3v) is 5.97. The zero-order chi connectivity index (χ0) is 18.1. The molecule has 5 nitrogen and oxygen atoms in total. The van der Waals surface area contributed by atoms with E-state index in [9.17, 15) is 8.42 Å². The van der Waals surface area contributed by atoms with Crippen molar-refractivity contribution < 1.29 is 17.9 Å². The van der Waals surface area contributed by atoms with Crippen LogP contribution >= 0.6 is 0 Å². The van der Waals surface area contributed by atoms with Crippen LogP contribution in [0.1, 0.15) is 47.1 Å². The van der Waals surface area contributed by atoms with Gasteiger partial charge in [0.25, 0.3) is 0 Å². The lowest BCUT2D eigenvalue weighted by molar-refractivity contribution is -0.0441. The molecule has 0 radical (unpaired) electrons. The summed E-state index contributed by atoms with van der Waals surface area (Å²) in [5.41, 5.74) is 0.833. The van der Waals surface area contributed by atoms with Gasteiger partial charge in [0.05, 0.1) is 18.8 Å². The van der Waals surface area contributed by atoms with Gasteiger partial charge in [-0.05, 0) is 43.9 Å². The molecule has 0 N–H and O–H groups in total. The van der Waals surface area contributed by atoms with Crippen LogP contribution in [-0.4, -0.2) is 44.6 Å². The average Bonchev–Trinajstić information content (AvgIpc) is 2.45. The van der Waals surface area contributed by atoms with Crippen LogP contribution in [0.3, 0.4) is 0 Å². The number of hydrogen-bond donors (Lipinski definition) is 0. The molecule has 24 heavy (non-hydrogen) atoms. The van der Waals surface area contributed by atoms with Crippen LogP contribution in [0.4, 0.5) is 0 Å². The first-order chi connectivity index (χ1) is 11.1. The predicted molar refractivity (Wildman–Crippen MR) is 95.1 cm³/mol. The molecule has 1 aliphatic heterocycles. The summed E-state index contributed by atoms with van der Waals surface area (Å²) in [6.45, 7) is 13.0. The fourth-order valence-electron chi connectivity index (χ4n) is 2.92. The predicted octanol–water partition coefficient (Wildman–Crippen LogP) is 3.18. The standard InChI is InChI=1S/C18H29NO4S/c1-7-22-16-9-8-15(18(4,5)6)10-17(16)24(20,21)19-11-13(2)23-14(3)12-19/h8-10,13-14H,7,11-12H2,1-6H3/t13-,14-/m0/s1. The van der Waals surface area contributed by atoms with Gasteiger partial charge in [0.15, 0.2) is 0 Å². The van der Waals surface area contributed by atoms with Crippen LogP contribution in [0.2, 0.25) is 0 Å². The summed E-state index contributed by atoms with van der Waals surface area (Å²) in [6, 6.07) is 5.46. The Hall–Kier alpha value is -1.11. The minimum atomic E-state index is -3.64. The van der Waals surface area contributed by atoms with Crippen molar-refractivity contribution in [2.24, 2.45) is 0 Å². The van der Waals surface area contributed by atoms with E-state index in [0.29, 0.717) is 25.4 Å². The molecule has 6 heteroatoms. The van der Waals surface area contributed by atoms with E-state index in [4.69, 9.17) is 9.47 Å². The van der Waals surface area contributed by atoms with Crippen molar-refractivity contribution >= 4 is 10.0 Å². The number of morpholine rings is 1. The second-order valence-electron chi connectivity index (χ2n) is 7.42. The highest BCUT2D eigenvalue weighted by Gasteiger charge is 2.34. The number of benzene rings is 1. The topological polar surface area (TPSA) is 55.8 Å². The van der Waals surface area contributed by atoms with E-state index in [2.05, 4.69) is 20.8 Å². The van der Waals surface area contributed by atoms with Crippen molar-refractivity contribution in [3.8, 4) is 5.75 Å². The van der Waals surface area contributed by atoms with E-state index >= 15 is 0 Å². The van der Waals surface area contributed by atoms with Crippen LogP contribution in [0.25, 0.3) is 0 Å². The summed E-state index contributed by atoms with van der Waals surface area (Å²) in [4.78, 5) is 0.248. The monoisotopic (exact) mass is 355 g/mol. The minimum absolute atomic E-state index is 0.120. The Labute approximate surface area is 146 Å². The van der Waals surface area contributed by atoms with Gasteiger partial charge in [-0.3, -0.25) is 0 Å². The Balaban J connectivity index is 2.50. The molecule has 136 valence electrons. The van der Waals surface area contributed by atoms with Gasteiger partial charge in [-0.1, -0.05) is 26.8 Å². The maximum absolute atomic E-state index is 13.2. The summed E-state index contributed by atoms with van der Waals surface area (Å²) in [7, 11) is -3.64. The molecule has 0 aliphatic carbocycles. The first-order valence-corrected chi connectivity index (χ1v) is 9.92. The number of sulfonamides is 1. The zero-order valence-corrected chi connectivity index (χ0v) is 16.3. The normalized spacial score (nSPS) is 23.2. The Morgan fingerprint density at radius 3 is 2.29 bits per heavy atom. The molecule has 1 aromatic rings. The third kappa shape index (κ3) is 4.10. The Morgan fingerprint density at radius 2 is 1.79 bits per heavy atom. The number of ether oxygens (including phenoxy) is 2. The SMILES string of the molecule is CCOc1ccc(C(C)(C)C)cc1S(=O)(=O)N1C[C@H](C)O[C@@H](C)C1. The quantitative estimate of drug-likeness (QED) is 0.832. The maximum Gasteiger partial charge on any atom is 0.246 e. The molecule has 2 rings (SSSR count). The number of rotatable bonds is 4. The molecule has 1 heterocycles. The lowest BCUT2D eigenvalue weighted by Crippen LogP contribution is -2.48. The van der Waals surface area contributed by atoms with Gasteiger partial charge in [0, 0.05) is 13.1 Å². The van der Waals surface area contributed by atoms with E-state index in [-0.39, 0.29) is 22.5 Å². The zero-order valence-electron chi connectivity index (χ0n) is 15.5. The van der Waals surface area contributed by atoms with Crippen molar-refractivity contribution in [2.75, 3.05) is 19.7 Å². The summed E-state index contributed by atoms with van der Waals surface area (Å²) in [6.07, 6.45) is -0.241. The summed E-state index contributed by atoms with van der Waals surface area (Å²) < 4.78 is 39.3. The summed E-state index contributed by atoms with van der Waals surface area (Å²) >= 11 is 0. The molecule has 1 fully saturated rings. The van der Waals surface area contributed by atoms with Crippen molar-refractivity contribution in [1.29, 1.82) is 0 Å². The molecule has 1 aromatic carbocycles. The van der Waals surface area contributed by atoms with Crippen molar-refractivity contribution in [3.05, 3.63) is 23.8 Å². The highest BCUT2D eigenvalue weighted by atomic mass is 32.2. The van der Waals surface area contributed by atoms with Crippen LogP contribution in [0, 0.1) is 0 Å². The molecule has 0 spiro atoms. The number of hydrogen-bond acceptors (Lipinski definition) is 4.